The van der Waals surface area contributed by atoms with Crippen molar-refractivity contribution in [2.75, 3.05) is 27.2 Å². The topological polar surface area (TPSA) is 57.4 Å². The van der Waals surface area contributed by atoms with Crippen LogP contribution >= 0.6 is 0 Å². The van der Waals surface area contributed by atoms with E-state index in [9.17, 15) is 9.18 Å². The first-order valence-corrected chi connectivity index (χ1v) is 7.84. The van der Waals surface area contributed by atoms with Gasteiger partial charge in [0, 0.05) is 37.3 Å². The molecule has 1 amide bonds. The number of benzene rings is 1. The lowest BCUT2D eigenvalue weighted by atomic mass is 10.1. The van der Waals surface area contributed by atoms with Crippen molar-refractivity contribution in [3.8, 4) is 0 Å². The van der Waals surface area contributed by atoms with Crippen LogP contribution in [-0.2, 0) is 16.0 Å². The zero-order chi connectivity index (χ0) is 16.4. The number of fused-ring (bicyclic) bond motifs is 1. The van der Waals surface area contributed by atoms with E-state index in [-0.39, 0.29) is 23.9 Å². The van der Waals surface area contributed by atoms with Crippen LogP contribution in [0, 0.1) is 5.82 Å². The molecule has 1 aliphatic rings. The van der Waals surface area contributed by atoms with E-state index in [1.54, 1.807) is 13.2 Å². The molecule has 1 fully saturated rings. The summed E-state index contributed by atoms with van der Waals surface area (Å²) in [6.45, 7) is 1.34. The summed E-state index contributed by atoms with van der Waals surface area (Å²) in [5.41, 5.74) is 1.86. The summed E-state index contributed by atoms with van der Waals surface area (Å²) < 4.78 is 18.5. The number of ether oxygens (including phenoxy) is 1. The van der Waals surface area contributed by atoms with Gasteiger partial charge in [-0.05, 0) is 43.7 Å². The number of carbonyl (C=O) groups is 1. The summed E-state index contributed by atoms with van der Waals surface area (Å²) in [4.78, 5) is 17.4. The zero-order valence-corrected chi connectivity index (χ0v) is 13.4. The molecule has 0 saturated carbocycles. The van der Waals surface area contributed by atoms with Crippen LogP contribution in [0.25, 0.3) is 10.9 Å². The number of methoxy groups -OCH3 is 1. The van der Waals surface area contributed by atoms with Gasteiger partial charge in [0.15, 0.2) is 0 Å². The van der Waals surface area contributed by atoms with E-state index in [1.165, 1.54) is 12.1 Å². The molecule has 1 aromatic carbocycles. The lowest BCUT2D eigenvalue weighted by Gasteiger charge is -2.18. The lowest BCUT2D eigenvalue weighted by Crippen LogP contribution is -2.42. The maximum absolute atomic E-state index is 13.2. The summed E-state index contributed by atoms with van der Waals surface area (Å²) in [5, 5.41) is 3.99. The van der Waals surface area contributed by atoms with Crippen LogP contribution in [0.5, 0.6) is 0 Å². The van der Waals surface area contributed by atoms with Crippen molar-refractivity contribution in [3.63, 3.8) is 0 Å². The summed E-state index contributed by atoms with van der Waals surface area (Å²) in [7, 11) is 3.62. The molecule has 0 bridgehead atoms. The predicted molar refractivity (Wildman–Crippen MR) is 86.8 cm³/mol. The number of likely N-dealkylation sites (N-methyl/N-ethyl adjacent to an activating group) is 1. The number of carbonyl (C=O) groups excluding carboxylic acids is 1. The van der Waals surface area contributed by atoms with E-state index in [4.69, 9.17) is 4.74 Å². The minimum Gasteiger partial charge on any atom is -0.380 e. The molecule has 2 atom stereocenters. The Hall–Kier alpha value is -1.92. The maximum atomic E-state index is 13.2. The highest BCUT2D eigenvalue weighted by atomic mass is 19.1. The van der Waals surface area contributed by atoms with Gasteiger partial charge in [0.1, 0.15) is 5.82 Å². The molecular weight excluding hydrogens is 297 g/mol. The summed E-state index contributed by atoms with van der Waals surface area (Å²) in [6, 6.07) is 4.58. The minimum atomic E-state index is -0.254. The Kier molecular flexibility index (Phi) is 4.63. The third-order valence-electron chi connectivity index (χ3n) is 4.57. The summed E-state index contributed by atoms with van der Waals surface area (Å²) in [5.74, 6) is -0.214. The molecule has 5 nitrogen and oxygen atoms in total. The van der Waals surface area contributed by atoms with Crippen LogP contribution in [0.2, 0.25) is 0 Å². The number of aromatic nitrogens is 1. The van der Waals surface area contributed by atoms with E-state index in [2.05, 4.69) is 10.3 Å². The molecule has 2 N–H and O–H groups in total. The monoisotopic (exact) mass is 319 g/mol. The van der Waals surface area contributed by atoms with Crippen molar-refractivity contribution < 1.29 is 13.9 Å². The van der Waals surface area contributed by atoms with Gasteiger partial charge in [-0.1, -0.05) is 0 Å². The lowest BCUT2D eigenvalue weighted by molar-refractivity contribution is -0.125. The number of hydrogen-bond acceptors (Lipinski definition) is 3. The van der Waals surface area contributed by atoms with E-state index >= 15 is 0 Å². The number of aromatic amines is 1. The molecule has 6 heteroatoms. The summed E-state index contributed by atoms with van der Waals surface area (Å²) >= 11 is 0. The fraction of sp³-hybridized carbons (Fsp3) is 0.471. The molecule has 1 saturated heterocycles. The molecule has 0 radical (unpaired) electrons. The second kappa shape index (κ2) is 6.68. The molecule has 2 heterocycles. The third kappa shape index (κ3) is 3.38. The zero-order valence-electron chi connectivity index (χ0n) is 13.4. The Labute approximate surface area is 134 Å². The predicted octanol–water partition coefficient (Wildman–Crippen LogP) is 1.68. The van der Waals surface area contributed by atoms with Gasteiger partial charge in [-0.3, -0.25) is 9.69 Å². The first kappa shape index (κ1) is 16.0. The van der Waals surface area contributed by atoms with E-state index in [0.29, 0.717) is 13.0 Å². The number of nitrogens with one attached hydrogen (secondary N) is 2. The minimum absolute atomic E-state index is 0.0398. The highest BCUT2D eigenvalue weighted by Crippen LogP contribution is 2.20. The Morgan fingerprint density at radius 2 is 2.35 bits per heavy atom. The fourth-order valence-corrected chi connectivity index (χ4v) is 3.23. The van der Waals surface area contributed by atoms with Crippen molar-refractivity contribution in [2.24, 2.45) is 0 Å². The van der Waals surface area contributed by atoms with Gasteiger partial charge in [-0.25, -0.2) is 4.39 Å². The van der Waals surface area contributed by atoms with Gasteiger partial charge < -0.3 is 15.0 Å². The van der Waals surface area contributed by atoms with E-state index in [1.807, 2.05) is 18.1 Å². The molecule has 2 aromatic rings. The first-order valence-electron chi connectivity index (χ1n) is 7.84. The van der Waals surface area contributed by atoms with E-state index in [0.717, 1.165) is 29.4 Å². The highest BCUT2D eigenvalue weighted by Gasteiger charge is 2.34. The second-order valence-electron chi connectivity index (χ2n) is 6.09. The SMILES string of the molecule is CO[C@H]1C[C@@H](C(=O)NCCc2c[nH]c3cc(F)ccc23)N(C)C1. The number of amides is 1. The van der Waals surface area contributed by atoms with Crippen molar-refractivity contribution in [1.29, 1.82) is 0 Å². The molecule has 0 aliphatic carbocycles. The van der Waals surface area contributed by atoms with Gasteiger partial charge in [0.2, 0.25) is 5.91 Å². The Bertz CT molecular complexity index is 700. The summed E-state index contributed by atoms with van der Waals surface area (Å²) in [6.07, 6.45) is 3.44. The number of nitrogens with zero attached hydrogens (tertiary/aromatic N) is 1. The van der Waals surface area contributed by atoms with Gasteiger partial charge in [0.25, 0.3) is 0 Å². The first-order chi connectivity index (χ1) is 11.1. The van der Waals surface area contributed by atoms with E-state index < -0.39 is 0 Å². The molecule has 23 heavy (non-hydrogen) atoms. The average molecular weight is 319 g/mol. The molecule has 124 valence electrons. The van der Waals surface area contributed by atoms with Crippen LogP contribution in [0.3, 0.4) is 0 Å². The molecule has 1 aliphatic heterocycles. The van der Waals surface area contributed by atoms with Gasteiger partial charge in [0.05, 0.1) is 12.1 Å². The van der Waals surface area contributed by atoms with Gasteiger partial charge >= 0.3 is 0 Å². The van der Waals surface area contributed by atoms with Crippen LogP contribution in [0.4, 0.5) is 4.39 Å². The van der Waals surface area contributed by atoms with Crippen LogP contribution in [0.1, 0.15) is 12.0 Å². The number of likely N-dealkylation sites (tertiary alicyclic amines) is 1. The number of hydrogen-bond donors (Lipinski definition) is 2. The van der Waals surface area contributed by atoms with Crippen LogP contribution < -0.4 is 5.32 Å². The average Bonchev–Trinajstić information content (AvgIpc) is 3.10. The van der Waals surface area contributed by atoms with Crippen molar-refractivity contribution >= 4 is 16.8 Å². The number of halogens is 1. The van der Waals surface area contributed by atoms with Crippen molar-refractivity contribution in [1.82, 2.24) is 15.2 Å². The quantitative estimate of drug-likeness (QED) is 0.882. The van der Waals surface area contributed by atoms with Gasteiger partial charge in [-0.15, -0.1) is 0 Å². The maximum Gasteiger partial charge on any atom is 0.237 e. The Morgan fingerprint density at radius 3 is 3.09 bits per heavy atom. The Morgan fingerprint density at radius 1 is 1.52 bits per heavy atom. The molecule has 0 unspecified atom stereocenters. The van der Waals surface area contributed by atoms with Gasteiger partial charge in [-0.2, -0.15) is 0 Å². The van der Waals surface area contributed by atoms with Crippen molar-refractivity contribution in [3.05, 3.63) is 35.8 Å². The normalized spacial score (nSPS) is 21.9. The molecule has 3 rings (SSSR count). The Balaban J connectivity index is 1.55. The van der Waals surface area contributed by atoms with Crippen LogP contribution in [-0.4, -0.2) is 55.2 Å². The second-order valence-corrected chi connectivity index (χ2v) is 6.09. The largest absolute Gasteiger partial charge is 0.380 e. The smallest absolute Gasteiger partial charge is 0.237 e. The fourth-order valence-electron chi connectivity index (χ4n) is 3.23. The van der Waals surface area contributed by atoms with Crippen molar-refractivity contribution in [2.45, 2.75) is 25.0 Å². The van der Waals surface area contributed by atoms with Crippen LogP contribution in [0.15, 0.2) is 24.4 Å². The number of H-pyrrole nitrogens is 1. The number of rotatable bonds is 5. The third-order valence-corrected chi connectivity index (χ3v) is 4.57. The highest BCUT2D eigenvalue weighted by molar-refractivity contribution is 5.84. The molecular formula is C17H22FN3O2. The standard InChI is InChI=1S/C17H22FN3O2/c1-21-10-13(23-2)8-16(21)17(22)19-6-5-11-9-20-15-7-12(18)3-4-14(11)15/h3-4,7,9,13,16,20H,5-6,8,10H2,1-2H3,(H,19,22)/t13-,16-/m0/s1. The molecule has 1 aromatic heterocycles. The molecule has 0 spiro atoms.